The van der Waals surface area contributed by atoms with Crippen LogP contribution in [0.3, 0.4) is 0 Å². The Morgan fingerprint density at radius 3 is 2.25 bits per heavy atom. The lowest BCUT2D eigenvalue weighted by molar-refractivity contribution is 0.471. The third-order valence-electron chi connectivity index (χ3n) is 1.95. The molecule has 12 heavy (non-hydrogen) atoms. The van der Waals surface area contributed by atoms with Gasteiger partial charge in [0.15, 0.2) is 0 Å². The van der Waals surface area contributed by atoms with Crippen molar-refractivity contribution in [1.82, 2.24) is 0 Å². The molecule has 0 aliphatic heterocycles. The van der Waals surface area contributed by atoms with Crippen molar-refractivity contribution in [2.24, 2.45) is 11.5 Å². The van der Waals surface area contributed by atoms with E-state index in [2.05, 4.69) is 0 Å². The second kappa shape index (κ2) is 3.13. The summed E-state index contributed by atoms with van der Waals surface area (Å²) in [5, 5.41) is 9.02. The predicted octanol–water partition coefficient (Wildman–Crippen LogP) is 0.525. The van der Waals surface area contributed by atoms with Gasteiger partial charge in [0.1, 0.15) is 5.75 Å². The molecule has 0 aliphatic carbocycles. The highest BCUT2D eigenvalue weighted by Crippen LogP contribution is 2.18. The quantitative estimate of drug-likeness (QED) is 0.600. The number of rotatable bonds is 2. The first kappa shape index (κ1) is 9.03. The van der Waals surface area contributed by atoms with E-state index in [-0.39, 0.29) is 5.75 Å². The Bertz CT molecular complexity index is 254. The molecule has 1 atom stereocenters. The fourth-order valence-electron chi connectivity index (χ4n) is 0.960. The smallest absolute Gasteiger partial charge is 0.115 e. The number of nitrogens with two attached hydrogens (primary N) is 2. The van der Waals surface area contributed by atoms with E-state index in [4.69, 9.17) is 16.6 Å². The van der Waals surface area contributed by atoms with Crippen molar-refractivity contribution in [3.8, 4) is 5.75 Å². The monoisotopic (exact) mass is 166 g/mol. The average Bonchev–Trinajstić information content (AvgIpc) is 2.05. The van der Waals surface area contributed by atoms with Gasteiger partial charge in [0.2, 0.25) is 0 Å². The summed E-state index contributed by atoms with van der Waals surface area (Å²) in [4.78, 5) is 0. The summed E-state index contributed by atoms with van der Waals surface area (Å²) in [6.45, 7) is 2.25. The summed E-state index contributed by atoms with van der Waals surface area (Å²) < 4.78 is 0. The zero-order chi connectivity index (χ0) is 9.19. The molecule has 0 aromatic heterocycles. The summed E-state index contributed by atoms with van der Waals surface area (Å²) in [6.07, 6.45) is 0. The first-order valence-electron chi connectivity index (χ1n) is 3.85. The molecule has 0 saturated carbocycles. The molecule has 0 saturated heterocycles. The van der Waals surface area contributed by atoms with Crippen molar-refractivity contribution in [2.45, 2.75) is 12.5 Å². The highest BCUT2D eigenvalue weighted by Gasteiger charge is 2.18. The first-order chi connectivity index (χ1) is 5.56. The van der Waals surface area contributed by atoms with Gasteiger partial charge in [-0.25, -0.2) is 0 Å². The van der Waals surface area contributed by atoms with E-state index in [1.165, 1.54) is 0 Å². The summed E-state index contributed by atoms with van der Waals surface area (Å²) >= 11 is 0. The second-order valence-corrected chi connectivity index (χ2v) is 3.17. The van der Waals surface area contributed by atoms with Gasteiger partial charge in [0.05, 0.1) is 5.54 Å². The summed E-state index contributed by atoms with van der Waals surface area (Å²) in [5.41, 5.74) is 11.8. The minimum Gasteiger partial charge on any atom is -0.508 e. The molecular weight excluding hydrogens is 152 g/mol. The van der Waals surface area contributed by atoms with Crippen molar-refractivity contribution in [2.75, 3.05) is 6.54 Å². The number of benzene rings is 1. The lowest BCUT2D eigenvalue weighted by Crippen LogP contribution is -2.40. The summed E-state index contributed by atoms with van der Waals surface area (Å²) in [7, 11) is 0. The summed E-state index contributed by atoms with van der Waals surface area (Å²) in [6, 6.07) is 6.77. The molecule has 1 aromatic rings. The Kier molecular flexibility index (Phi) is 2.35. The van der Waals surface area contributed by atoms with Crippen molar-refractivity contribution in [3.63, 3.8) is 0 Å². The van der Waals surface area contributed by atoms with Crippen LogP contribution in [0.15, 0.2) is 24.3 Å². The van der Waals surface area contributed by atoms with E-state index in [0.717, 1.165) is 5.56 Å². The van der Waals surface area contributed by atoms with E-state index in [1.54, 1.807) is 24.3 Å². The van der Waals surface area contributed by atoms with Crippen molar-refractivity contribution in [1.29, 1.82) is 0 Å². The van der Waals surface area contributed by atoms with Crippen LogP contribution in [-0.2, 0) is 5.54 Å². The Morgan fingerprint density at radius 2 is 1.83 bits per heavy atom. The van der Waals surface area contributed by atoms with Crippen LogP contribution in [0.5, 0.6) is 5.75 Å². The number of hydrogen-bond donors (Lipinski definition) is 3. The predicted molar refractivity (Wildman–Crippen MR) is 48.7 cm³/mol. The Balaban J connectivity index is 2.96. The van der Waals surface area contributed by atoms with Crippen LogP contribution in [0.25, 0.3) is 0 Å². The maximum atomic E-state index is 9.02. The largest absolute Gasteiger partial charge is 0.508 e. The fraction of sp³-hybridized carbons (Fsp3) is 0.333. The molecule has 0 aliphatic rings. The third kappa shape index (κ3) is 1.75. The topological polar surface area (TPSA) is 72.3 Å². The highest BCUT2D eigenvalue weighted by molar-refractivity contribution is 5.30. The molecule has 0 heterocycles. The van der Waals surface area contributed by atoms with Gasteiger partial charge >= 0.3 is 0 Å². The van der Waals surface area contributed by atoms with E-state index in [9.17, 15) is 0 Å². The van der Waals surface area contributed by atoms with Crippen molar-refractivity contribution >= 4 is 0 Å². The number of phenols is 1. The van der Waals surface area contributed by atoms with Crippen LogP contribution >= 0.6 is 0 Å². The third-order valence-corrected chi connectivity index (χ3v) is 1.95. The summed E-state index contributed by atoms with van der Waals surface area (Å²) in [5.74, 6) is 0.242. The van der Waals surface area contributed by atoms with E-state index in [1.807, 2.05) is 6.92 Å². The Labute approximate surface area is 72.0 Å². The standard InChI is InChI=1S/C9H14N2O/c1-9(11,6-10)7-2-4-8(12)5-3-7/h2-5,12H,6,10-11H2,1H3. The lowest BCUT2D eigenvalue weighted by atomic mass is 9.93. The van der Waals surface area contributed by atoms with Gasteiger partial charge in [-0.1, -0.05) is 12.1 Å². The van der Waals surface area contributed by atoms with Crippen LogP contribution in [0.2, 0.25) is 0 Å². The van der Waals surface area contributed by atoms with Crippen molar-refractivity contribution < 1.29 is 5.11 Å². The molecule has 1 aromatic carbocycles. The van der Waals surface area contributed by atoms with Gasteiger partial charge in [-0.05, 0) is 24.6 Å². The second-order valence-electron chi connectivity index (χ2n) is 3.17. The van der Waals surface area contributed by atoms with Gasteiger partial charge in [-0.3, -0.25) is 0 Å². The Morgan fingerprint density at radius 1 is 1.33 bits per heavy atom. The van der Waals surface area contributed by atoms with E-state index < -0.39 is 5.54 Å². The van der Waals surface area contributed by atoms with Gasteiger partial charge in [0.25, 0.3) is 0 Å². The number of phenolic OH excluding ortho intramolecular Hbond substituents is 1. The Hall–Kier alpha value is -1.06. The van der Waals surface area contributed by atoms with Crippen LogP contribution in [0.1, 0.15) is 12.5 Å². The molecule has 1 unspecified atom stereocenters. The molecule has 3 heteroatoms. The van der Waals surface area contributed by atoms with E-state index >= 15 is 0 Å². The fourth-order valence-corrected chi connectivity index (χ4v) is 0.960. The van der Waals surface area contributed by atoms with Crippen LogP contribution in [-0.4, -0.2) is 11.7 Å². The zero-order valence-electron chi connectivity index (χ0n) is 7.12. The molecule has 0 radical (unpaired) electrons. The number of aromatic hydroxyl groups is 1. The minimum absolute atomic E-state index is 0.242. The molecule has 5 N–H and O–H groups in total. The van der Waals surface area contributed by atoms with E-state index in [0.29, 0.717) is 6.54 Å². The average molecular weight is 166 g/mol. The number of hydrogen-bond acceptors (Lipinski definition) is 3. The minimum atomic E-state index is -0.506. The van der Waals surface area contributed by atoms with Crippen LogP contribution in [0, 0.1) is 0 Å². The molecule has 66 valence electrons. The van der Waals surface area contributed by atoms with Crippen LogP contribution in [0.4, 0.5) is 0 Å². The maximum absolute atomic E-state index is 9.02. The highest BCUT2D eigenvalue weighted by atomic mass is 16.3. The zero-order valence-corrected chi connectivity index (χ0v) is 7.12. The molecular formula is C9H14N2O. The first-order valence-corrected chi connectivity index (χ1v) is 3.85. The lowest BCUT2D eigenvalue weighted by Gasteiger charge is -2.22. The molecule has 0 bridgehead atoms. The van der Waals surface area contributed by atoms with Gasteiger partial charge in [0, 0.05) is 6.54 Å². The molecule has 0 fully saturated rings. The van der Waals surface area contributed by atoms with Crippen LogP contribution < -0.4 is 11.5 Å². The van der Waals surface area contributed by atoms with Gasteiger partial charge in [-0.15, -0.1) is 0 Å². The maximum Gasteiger partial charge on any atom is 0.115 e. The molecule has 0 spiro atoms. The van der Waals surface area contributed by atoms with Crippen molar-refractivity contribution in [3.05, 3.63) is 29.8 Å². The molecule has 1 rings (SSSR count). The SMILES string of the molecule is CC(N)(CN)c1ccc(O)cc1. The van der Waals surface area contributed by atoms with Gasteiger partial charge < -0.3 is 16.6 Å². The molecule has 0 amide bonds. The van der Waals surface area contributed by atoms with Gasteiger partial charge in [-0.2, -0.15) is 0 Å². The normalized spacial score (nSPS) is 15.6. The molecule has 3 nitrogen and oxygen atoms in total.